The van der Waals surface area contributed by atoms with Crippen molar-refractivity contribution in [1.82, 2.24) is 9.55 Å². The second-order valence-corrected chi connectivity index (χ2v) is 5.29. The molecule has 21 heavy (non-hydrogen) atoms. The maximum Gasteiger partial charge on any atom is 0.206 e. The van der Waals surface area contributed by atoms with Crippen LogP contribution < -0.4 is 10.5 Å². The molecule has 7 heteroatoms. The van der Waals surface area contributed by atoms with Crippen LogP contribution >= 0.6 is 15.9 Å². The Bertz CT molecular complexity index is 848. The highest BCUT2D eigenvalue weighted by Crippen LogP contribution is 2.32. The minimum Gasteiger partial charge on any atom is -0.495 e. The number of rotatable bonds is 2. The summed E-state index contributed by atoms with van der Waals surface area (Å²) in [4.78, 5) is 3.96. The highest BCUT2D eigenvalue weighted by molar-refractivity contribution is 9.10. The van der Waals surface area contributed by atoms with E-state index in [0.717, 1.165) is 10.5 Å². The molecule has 0 saturated carbocycles. The smallest absolute Gasteiger partial charge is 0.206 e. The molecular formula is C14H10BrF2N3O. The Morgan fingerprint density at radius 1 is 1.24 bits per heavy atom. The summed E-state index contributed by atoms with van der Waals surface area (Å²) in [5.74, 6) is -0.903. The fourth-order valence-electron chi connectivity index (χ4n) is 2.21. The number of aromatic nitrogens is 2. The molecule has 1 heterocycles. The standard InChI is InChI=1S/C14H10BrF2N3O/c1-21-12-3-2-7(15)4-10(12)20-11-6-8(16)5-9(17)13(11)19-14(20)18/h2-6H,1H3,(H2,18,19). The van der Waals surface area contributed by atoms with Crippen molar-refractivity contribution in [1.29, 1.82) is 0 Å². The van der Waals surface area contributed by atoms with Gasteiger partial charge in [-0.2, -0.15) is 0 Å². The number of halogens is 3. The van der Waals surface area contributed by atoms with Gasteiger partial charge in [0.1, 0.15) is 17.1 Å². The van der Waals surface area contributed by atoms with Gasteiger partial charge in [0.05, 0.1) is 18.3 Å². The largest absolute Gasteiger partial charge is 0.495 e. The Labute approximate surface area is 127 Å². The highest BCUT2D eigenvalue weighted by Gasteiger charge is 2.17. The van der Waals surface area contributed by atoms with Gasteiger partial charge < -0.3 is 10.5 Å². The van der Waals surface area contributed by atoms with Crippen molar-refractivity contribution in [2.75, 3.05) is 12.8 Å². The Morgan fingerprint density at radius 2 is 2.00 bits per heavy atom. The number of hydrogen-bond acceptors (Lipinski definition) is 3. The first-order valence-corrected chi connectivity index (χ1v) is 6.77. The van der Waals surface area contributed by atoms with E-state index in [4.69, 9.17) is 10.5 Å². The predicted octanol–water partition coefficient (Wildman–Crippen LogP) is 3.66. The monoisotopic (exact) mass is 353 g/mol. The van der Waals surface area contributed by atoms with E-state index >= 15 is 0 Å². The van der Waals surface area contributed by atoms with Crippen LogP contribution in [0, 0.1) is 11.6 Å². The molecule has 0 atom stereocenters. The third kappa shape index (κ3) is 2.23. The molecule has 3 rings (SSSR count). The lowest BCUT2D eigenvalue weighted by molar-refractivity contribution is 0.413. The molecule has 0 aliphatic heterocycles. The number of fused-ring (bicyclic) bond motifs is 1. The fraction of sp³-hybridized carbons (Fsp3) is 0.0714. The Balaban J connectivity index is 2.40. The number of nitrogens with zero attached hydrogens (tertiary/aromatic N) is 2. The first kappa shape index (κ1) is 13.8. The summed E-state index contributed by atoms with van der Waals surface area (Å²) in [6, 6.07) is 7.21. The second kappa shape index (κ2) is 5.00. The minimum atomic E-state index is -0.760. The summed E-state index contributed by atoms with van der Waals surface area (Å²) in [7, 11) is 1.50. The van der Waals surface area contributed by atoms with Gasteiger partial charge in [-0.1, -0.05) is 15.9 Å². The molecule has 0 fully saturated rings. The number of hydrogen-bond donors (Lipinski definition) is 1. The Morgan fingerprint density at radius 3 is 2.71 bits per heavy atom. The van der Waals surface area contributed by atoms with Crippen molar-refractivity contribution >= 4 is 32.9 Å². The summed E-state index contributed by atoms with van der Waals surface area (Å²) < 4.78 is 34.8. The number of nitrogens with two attached hydrogens (primary N) is 1. The lowest BCUT2D eigenvalue weighted by Crippen LogP contribution is -2.03. The molecule has 1 aromatic heterocycles. The van der Waals surface area contributed by atoms with E-state index < -0.39 is 11.6 Å². The Kier molecular flexibility index (Phi) is 3.29. The number of ether oxygens (including phenoxy) is 1. The number of methoxy groups -OCH3 is 1. The van der Waals surface area contributed by atoms with Crippen LogP contribution in [0.5, 0.6) is 5.75 Å². The van der Waals surface area contributed by atoms with Crippen LogP contribution in [0.25, 0.3) is 16.7 Å². The van der Waals surface area contributed by atoms with Gasteiger partial charge in [-0.15, -0.1) is 0 Å². The van der Waals surface area contributed by atoms with E-state index in [1.807, 2.05) is 0 Å². The van der Waals surface area contributed by atoms with Crippen LogP contribution in [0.3, 0.4) is 0 Å². The van der Waals surface area contributed by atoms with E-state index in [1.54, 1.807) is 18.2 Å². The average molecular weight is 354 g/mol. The third-order valence-corrected chi connectivity index (χ3v) is 3.58. The summed E-state index contributed by atoms with van der Waals surface area (Å²) >= 11 is 3.35. The van der Waals surface area contributed by atoms with Gasteiger partial charge in [0.25, 0.3) is 0 Å². The van der Waals surface area contributed by atoms with Gasteiger partial charge in [0.2, 0.25) is 5.95 Å². The van der Waals surface area contributed by atoms with Crippen LogP contribution in [0.4, 0.5) is 14.7 Å². The van der Waals surface area contributed by atoms with Gasteiger partial charge in [0.15, 0.2) is 5.82 Å². The molecule has 0 unspecified atom stereocenters. The molecule has 108 valence electrons. The fourth-order valence-corrected chi connectivity index (χ4v) is 2.56. The third-order valence-electron chi connectivity index (χ3n) is 3.09. The van der Waals surface area contributed by atoms with Crippen LogP contribution in [0.15, 0.2) is 34.8 Å². The van der Waals surface area contributed by atoms with Gasteiger partial charge in [-0.3, -0.25) is 4.57 Å². The van der Waals surface area contributed by atoms with Gasteiger partial charge >= 0.3 is 0 Å². The molecule has 0 bridgehead atoms. The zero-order valence-electron chi connectivity index (χ0n) is 10.9. The summed E-state index contributed by atoms with van der Waals surface area (Å²) in [5.41, 5.74) is 6.66. The highest BCUT2D eigenvalue weighted by atomic mass is 79.9. The zero-order chi connectivity index (χ0) is 15.1. The van der Waals surface area contributed by atoms with Crippen molar-refractivity contribution in [2.45, 2.75) is 0 Å². The van der Waals surface area contributed by atoms with Crippen LogP contribution in [-0.4, -0.2) is 16.7 Å². The molecule has 0 radical (unpaired) electrons. The Hall–Kier alpha value is -2.15. The molecule has 0 aliphatic carbocycles. The van der Waals surface area contributed by atoms with Crippen LogP contribution in [0.2, 0.25) is 0 Å². The first-order valence-electron chi connectivity index (χ1n) is 5.98. The molecule has 0 spiro atoms. The maximum absolute atomic E-state index is 13.8. The second-order valence-electron chi connectivity index (χ2n) is 4.38. The summed E-state index contributed by atoms with van der Waals surface area (Å²) in [5, 5.41) is 0. The lowest BCUT2D eigenvalue weighted by Gasteiger charge is -2.12. The number of anilines is 1. The predicted molar refractivity (Wildman–Crippen MR) is 79.7 cm³/mol. The first-order chi connectivity index (χ1) is 10.0. The molecule has 0 saturated heterocycles. The maximum atomic E-state index is 13.8. The van der Waals surface area contributed by atoms with E-state index in [2.05, 4.69) is 20.9 Å². The average Bonchev–Trinajstić information content (AvgIpc) is 2.75. The molecule has 3 aromatic rings. The lowest BCUT2D eigenvalue weighted by atomic mass is 10.2. The van der Waals surface area contributed by atoms with Crippen LogP contribution in [-0.2, 0) is 0 Å². The van der Waals surface area contributed by atoms with Crippen LogP contribution in [0.1, 0.15) is 0 Å². The van der Waals surface area contributed by atoms with E-state index in [9.17, 15) is 8.78 Å². The van der Waals surface area contributed by atoms with Crippen molar-refractivity contribution in [3.63, 3.8) is 0 Å². The van der Waals surface area contributed by atoms with Gasteiger partial charge in [-0.25, -0.2) is 13.8 Å². The van der Waals surface area contributed by atoms with Crippen molar-refractivity contribution in [3.8, 4) is 11.4 Å². The summed E-state index contributed by atoms with van der Waals surface area (Å²) in [6.07, 6.45) is 0. The molecule has 0 amide bonds. The quantitative estimate of drug-likeness (QED) is 0.764. The topological polar surface area (TPSA) is 53.1 Å². The normalized spacial score (nSPS) is 11.0. The van der Waals surface area contributed by atoms with Crippen molar-refractivity contribution < 1.29 is 13.5 Å². The molecular weight excluding hydrogens is 344 g/mol. The van der Waals surface area contributed by atoms with Crippen molar-refractivity contribution in [2.24, 2.45) is 0 Å². The molecule has 2 aromatic carbocycles. The number of imidazole rings is 1. The van der Waals surface area contributed by atoms with E-state index in [-0.39, 0.29) is 17.0 Å². The molecule has 2 N–H and O–H groups in total. The van der Waals surface area contributed by atoms with E-state index in [1.165, 1.54) is 17.7 Å². The van der Waals surface area contributed by atoms with Gasteiger partial charge in [0, 0.05) is 16.6 Å². The summed E-state index contributed by atoms with van der Waals surface area (Å²) in [6.45, 7) is 0. The molecule has 0 aliphatic rings. The number of benzene rings is 2. The molecule has 4 nitrogen and oxygen atoms in total. The van der Waals surface area contributed by atoms with Crippen molar-refractivity contribution in [3.05, 3.63) is 46.4 Å². The zero-order valence-corrected chi connectivity index (χ0v) is 12.5. The number of nitrogen functional groups attached to an aromatic ring is 1. The minimum absolute atomic E-state index is 0.0101. The van der Waals surface area contributed by atoms with E-state index in [0.29, 0.717) is 11.4 Å². The SMILES string of the molecule is COc1ccc(Br)cc1-n1c(N)nc2c(F)cc(F)cc21. The van der Waals surface area contributed by atoms with Gasteiger partial charge in [-0.05, 0) is 18.2 Å².